The molecule has 0 fully saturated rings. The van der Waals surface area contributed by atoms with Gasteiger partial charge in [0.15, 0.2) is 6.10 Å². The van der Waals surface area contributed by atoms with Gasteiger partial charge in [-0.3, -0.25) is 4.79 Å². The van der Waals surface area contributed by atoms with Gasteiger partial charge in [0.05, 0.1) is 24.4 Å². The van der Waals surface area contributed by atoms with Crippen LogP contribution in [0.3, 0.4) is 0 Å². The molecule has 5 nitrogen and oxygen atoms in total. The number of nitrogens with one attached hydrogen (secondary N) is 1. The molecule has 2 N–H and O–H groups in total. The molecule has 0 saturated carbocycles. The smallest absolute Gasteiger partial charge is 0.253 e. The van der Waals surface area contributed by atoms with Gasteiger partial charge in [0.1, 0.15) is 5.75 Å². The van der Waals surface area contributed by atoms with Crippen molar-refractivity contribution in [2.75, 3.05) is 7.11 Å². The lowest BCUT2D eigenvalue weighted by atomic mass is 10.1. The van der Waals surface area contributed by atoms with Crippen LogP contribution in [-0.4, -0.2) is 23.1 Å². The number of carbonyl (C=O) groups is 1. The van der Waals surface area contributed by atoms with Crippen molar-refractivity contribution < 1.29 is 14.6 Å². The Balaban J connectivity index is 2.00. The van der Waals surface area contributed by atoms with Crippen molar-refractivity contribution >= 4 is 17.2 Å². The van der Waals surface area contributed by atoms with Gasteiger partial charge in [-0.05, 0) is 31.5 Å². The van der Waals surface area contributed by atoms with Crippen molar-refractivity contribution in [2.24, 2.45) is 0 Å². The molecule has 1 amide bonds. The van der Waals surface area contributed by atoms with E-state index in [1.165, 1.54) is 0 Å². The normalized spacial score (nSPS) is 12.0. The van der Waals surface area contributed by atoms with Crippen LogP contribution in [0.5, 0.6) is 5.75 Å². The van der Waals surface area contributed by atoms with Crippen LogP contribution in [0.4, 0.5) is 0 Å². The van der Waals surface area contributed by atoms with Gasteiger partial charge in [-0.25, -0.2) is 4.98 Å². The summed E-state index contributed by atoms with van der Waals surface area (Å²) in [7, 11) is 1.54. The summed E-state index contributed by atoms with van der Waals surface area (Å²) in [6.07, 6.45) is -1.21. The number of methoxy groups -OCH3 is 1. The van der Waals surface area contributed by atoms with E-state index in [0.29, 0.717) is 17.9 Å². The van der Waals surface area contributed by atoms with Crippen LogP contribution in [0.25, 0.3) is 0 Å². The fourth-order valence-electron chi connectivity index (χ4n) is 1.96. The maximum atomic E-state index is 12.0. The van der Waals surface area contributed by atoms with Crippen LogP contribution in [-0.2, 0) is 11.3 Å². The third-order valence-electron chi connectivity index (χ3n) is 3.08. The quantitative estimate of drug-likeness (QED) is 0.887. The lowest BCUT2D eigenvalue weighted by Gasteiger charge is -2.12. The Morgan fingerprint density at radius 1 is 1.48 bits per heavy atom. The molecule has 0 bridgehead atoms. The van der Waals surface area contributed by atoms with E-state index in [1.54, 1.807) is 42.7 Å². The molecular weight excluding hydrogens is 288 g/mol. The molecule has 1 unspecified atom stereocenters. The molecule has 1 atom stereocenters. The zero-order valence-electron chi connectivity index (χ0n) is 12.2. The minimum atomic E-state index is -1.21. The van der Waals surface area contributed by atoms with Crippen molar-refractivity contribution in [3.05, 3.63) is 45.4 Å². The number of aliphatic hydroxyl groups excluding tert-OH is 1. The van der Waals surface area contributed by atoms with Crippen LogP contribution in [0.15, 0.2) is 24.3 Å². The predicted octanol–water partition coefficient (Wildman–Crippen LogP) is 2.12. The van der Waals surface area contributed by atoms with Crippen molar-refractivity contribution in [1.29, 1.82) is 0 Å². The Morgan fingerprint density at radius 3 is 2.86 bits per heavy atom. The lowest BCUT2D eigenvalue weighted by Crippen LogP contribution is -2.28. The number of hydrogen-bond acceptors (Lipinski definition) is 5. The van der Waals surface area contributed by atoms with Crippen LogP contribution in [0.2, 0.25) is 0 Å². The summed E-state index contributed by atoms with van der Waals surface area (Å²) in [6.45, 7) is 4.20. The fourth-order valence-corrected chi connectivity index (χ4v) is 2.84. The highest BCUT2D eigenvalue weighted by molar-refractivity contribution is 7.11. The van der Waals surface area contributed by atoms with Gasteiger partial charge in [-0.1, -0.05) is 12.1 Å². The minimum absolute atomic E-state index is 0.372. The number of amides is 1. The number of hydrogen-bond donors (Lipinski definition) is 2. The summed E-state index contributed by atoms with van der Waals surface area (Å²) in [5.41, 5.74) is 1.41. The molecule has 0 aliphatic carbocycles. The molecule has 1 heterocycles. The van der Waals surface area contributed by atoms with Gasteiger partial charge in [0.2, 0.25) is 0 Å². The summed E-state index contributed by atoms with van der Waals surface area (Å²) in [5.74, 6) is 0.169. The molecule has 0 saturated heterocycles. The fraction of sp³-hybridized carbons (Fsp3) is 0.333. The molecule has 0 aliphatic rings. The second-order valence-corrected chi connectivity index (χ2v) is 5.93. The molecule has 21 heavy (non-hydrogen) atoms. The number of benzene rings is 1. The van der Waals surface area contributed by atoms with Gasteiger partial charge in [0, 0.05) is 4.88 Å². The Morgan fingerprint density at radius 2 is 2.24 bits per heavy atom. The highest BCUT2D eigenvalue weighted by atomic mass is 32.1. The first kappa shape index (κ1) is 15.5. The topological polar surface area (TPSA) is 71.5 Å². The number of ether oxygens (including phenoxy) is 1. The second-order valence-electron chi connectivity index (χ2n) is 4.64. The maximum absolute atomic E-state index is 12.0. The van der Waals surface area contributed by atoms with Crippen LogP contribution in [0, 0.1) is 13.8 Å². The minimum Gasteiger partial charge on any atom is -0.497 e. The number of aromatic nitrogens is 1. The van der Waals surface area contributed by atoms with Crippen molar-refractivity contribution in [3.63, 3.8) is 0 Å². The van der Waals surface area contributed by atoms with E-state index in [1.807, 2.05) is 13.8 Å². The van der Waals surface area contributed by atoms with Crippen LogP contribution in [0.1, 0.15) is 27.2 Å². The van der Waals surface area contributed by atoms with Gasteiger partial charge in [-0.2, -0.15) is 0 Å². The summed E-state index contributed by atoms with van der Waals surface area (Å²) in [4.78, 5) is 17.3. The Labute approximate surface area is 127 Å². The Hall–Kier alpha value is -1.92. The number of aliphatic hydroxyl groups is 1. The Bertz CT molecular complexity index is 640. The molecule has 6 heteroatoms. The summed E-state index contributed by atoms with van der Waals surface area (Å²) >= 11 is 1.54. The molecule has 0 spiro atoms. The van der Waals surface area contributed by atoms with E-state index < -0.39 is 12.0 Å². The second kappa shape index (κ2) is 6.69. The predicted molar refractivity (Wildman–Crippen MR) is 81.4 cm³/mol. The van der Waals surface area contributed by atoms with E-state index in [4.69, 9.17) is 4.74 Å². The third-order valence-corrected chi connectivity index (χ3v) is 4.15. The third kappa shape index (κ3) is 3.80. The number of nitrogens with zero attached hydrogens (tertiary/aromatic N) is 1. The summed E-state index contributed by atoms with van der Waals surface area (Å²) in [5, 5.41) is 13.8. The summed E-state index contributed by atoms with van der Waals surface area (Å²) < 4.78 is 5.08. The maximum Gasteiger partial charge on any atom is 0.253 e. The number of thiazole rings is 1. The zero-order chi connectivity index (χ0) is 15.4. The number of rotatable bonds is 5. The molecule has 2 rings (SSSR count). The molecule has 0 radical (unpaired) electrons. The number of carbonyl (C=O) groups excluding carboxylic acids is 1. The van der Waals surface area contributed by atoms with Crippen molar-refractivity contribution in [1.82, 2.24) is 10.3 Å². The number of aryl methyl sites for hydroxylation is 2. The zero-order valence-corrected chi connectivity index (χ0v) is 13.0. The highest BCUT2D eigenvalue weighted by Crippen LogP contribution is 2.20. The van der Waals surface area contributed by atoms with Crippen molar-refractivity contribution in [2.45, 2.75) is 26.5 Å². The molecule has 1 aromatic heterocycles. The molecule has 0 aliphatic heterocycles. The summed E-state index contributed by atoms with van der Waals surface area (Å²) in [6, 6.07) is 6.83. The van der Waals surface area contributed by atoms with Gasteiger partial charge >= 0.3 is 0 Å². The molecule has 2 aromatic rings. The first-order valence-electron chi connectivity index (χ1n) is 6.54. The van der Waals surface area contributed by atoms with Gasteiger partial charge in [-0.15, -0.1) is 11.3 Å². The van der Waals surface area contributed by atoms with E-state index in [9.17, 15) is 9.90 Å². The molecular formula is C15H18N2O3S. The molecule has 112 valence electrons. The monoisotopic (exact) mass is 306 g/mol. The first-order valence-corrected chi connectivity index (χ1v) is 7.35. The van der Waals surface area contributed by atoms with Crippen molar-refractivity contribution in [3.8, 4) is 5.75 Å². The van der Waals surface area contributed by atoms with Gasteiger partial charge < -0.3 is 15.2 Å². The Kier molecular flexibility index (Phi) is 4.93. The first-order chi connectivity index (χ1) is 10.0. The van der Waals surface area contributed by atoms with Gasteiger partial charge in [0.25, 0.3) is 5.91 Å². The highest BCUT2D eigenvalue weighted by Gasteiger charge is 2.18. The van der Waals surface area contributed by atoms with E-state index in [-0.39, 0.29) is 0 Å². The SMILES string of the molecule is COc1cccc(C(O)C(=O)NCc2sc(C)nc2C)c1. The van der Waals surface area contributed by atoms with E-state index >= 15 is 0 Å². The van der Waals surface area contributed by atoms with E-state index in [0.717, 1.165) is 15.6 Å². The lowest BCUT2D eigenvalue weighted by molar-refractivity contribution is -0.129. The van der Waals surface area contributed by atoms with E-state index in [2.05, 4.69) is 10.3 Å². The molecule has 1 aromatic carbocycles. The average Bonchev–Trinajstić information content (AvgIpc) is 2.82. The van der Waals surface area contributed by atoms with Crippen LogP contribution < -0.4 is 10.1 Å². The average molecular weight is 306 g/mol. The largest absolute Gasteiger partial charge is 0.497 e. The standard InChI is InChI=1S/C15H18N2O3S/c1-9-13(21-10(2)17-9)8-16-15(19)14(18)11-5-4-6-12(7-11)20-3/h4-7,14,18H,8H2,1-3H3,(H,16,19). The van der Waals surface area contributed by atoms with Crippen LogP contribution >= 0.6 is 11.3 Å².